The van der Waals surface area contributed by atoms with Crippen LogP contribution >= 0.6 is 0 Å². The maximum Gasteiger partial charge on any atom is 0.231 e. The van der Waals surface area contributed by atoms with E-state index >= 15 is 0 Å². The van der Waals surface area contributed by atoms with Gasteiger partial charge >= 0.3 is 0 Å². The molecule has 2 heterocycles. The van der Waals surface area contributed by atoms with Crippen LogP contribution in [0.25, 0.3) is 0 Å². The summed E-state index contributed by atoms with van der Waals surface area (Å²) in [6.45, 7) is 5.66. The quantitative estimate of drug-likeness (QED) is 0.396. The fourth-order valence-electron chi connectivity index (χ4n) is 3.67. The molecular weight excluding hydrogens is 380 g/mol. The van der Waals surface area contributed by atoms with E-state index in [2.05, 4.69) is 44.8 Å². The number of fused-ring (bicyclic) bond motifs is 1. The van der Waals surface area contributed by atoms with Crippen LogP contribution in [-0.2, 0) is 13.1 Å². The number of likely N-dealkylation sites (tertiary alicyclic amines) is 1. The van der Waals surface area contributed by atoms with Gasteiger partial charge in [0.05, 0.1) is 6.54 Å². The summed E-state index contributed by atoms with van der Waals surface area (Å²) >= 11 is 0. The van der Waals surface area contributed by atoms with Crippen LogP contribution in [0.4, 0.5) is 0 Å². The van der Waals surface area contributed by atoms with E-state index in [0.717, 1.165) is 36.3 Å². The second kappa shape index (κ2) is 10.2. The molecule has 7 heteroatoms. The molecule has 7 nitrogen and oxygen atoms in total. The molecule has 0 bridgehead atoms. The molecule has 0 unspecified atom stereocenters. The average Bonchev–Trinajstić information content (AvgIpc) is 3.46. The van der Waals surface area contributed by atoms with Crippen molar-refractivity contribution in [1.82, 2.24) is 15.5 Å². The Morgan fingerprint density at radius 1 is 1.00 bits per heavy atom. The summed E-state index contributed by atoms with van der Waals surface area (Å²) < 4.78 is 16.4. The maximum absolute atomic E-state index is 5.77. The number of guanidine groups is 1. The predicted octanol–water partition coefficient (Wildman–Crippen LogP) is 2.76. The van der Waals surface area contributed by atoms with E-state index < -0.39 is 0 Å². The molecule has 0 saturated carbocycles. The van der Waals surface area contributed by atoms with Crippen LogP contribution in [-0.4, -0.2) is 50.9 Å². The number of hydrogen-bond acceptors (Lipinski definition) is 5. The number of benzene rings is 2. The second-order valence-corrected chi connectivity index (χ2v) is 7.52. The zero-order chi connectivity index (χ0) is 20.6. The Hall–Kier alpha value is -2.93. The van der Waals surface area contributed by atoms with E-state index in [4.69, 9.17) is 14.2 Å². The lowest BCUT2D eigenvalue weighted by Crippen LogP contribution is -2.38. The van der Waals surface area contributed by atoms with Crippen molar-refractivity contribution >= 4 is 5.96 Å². The molecule has 160 valence electrons. The van der Waals surface area contributed by atoms with Gasteiger partial charge in [0.15, 0.2) is 17.5 Å². The standard InChI is InChI=1S/C23H30N4O3/c1-24-23(25-10-13-28-20-8-9-21-22(14-20)30-17-29-21)26-15-18-4-6-19(7-5-18)16-27-11-2-3-12-27/h4-9,14H,2-3,10-13,15-17H2,1H3,(H2,24,25,26). The van der Waals surface area contributed by atoms with Crippen molar-refractivity contribution in [1.29, 1.82) is 0 Å². The summed E-state index contributed by atoms with van der Waals surface area (Å²) in [5.74, 6) is 3.00. The Kier molecular flexibility index (Phi) is 6.92. The van der Waals surface area contributed by atoms with E-state index in [1.165, 1.54) is 37.1 Å². The minimum atomic E-state index is 0.267. The van der Waals surface area contributed by atoms with Gasteiger partial charge < -0.3 is 24.8 Å². The van der Waals surface area contributed by atoms with Gasteiger partial charge in [0.1, 0.15) is 12.4 Å². The van der Waals surface area contributed by atoms with Crippen molar-refractivity contribution in [2.24, 2.45) is 4.99 Å². The Morgan fingerprint density at radius 2 is 1.77 bits per heavy atom. The molecule has 1 fully saturated rings. The second-order valence-electron chi connectivity index (χ2n) is 7.52. The van der Waals surface area contributed by atoms with Gasteiger partial charge in [-0.3, -0.25) is 9.89 Å². The molecule has 2 N–H and O–H groups in total. The number of nitrogens with zero attached hydrogens (tertiary/aromatic N) is 2. The summed E-state index contributed by atoms with van der Waals surface area (Å²) in [5.41, 5.74) is 2.61. The molecule has 0 spiro atoms. The Labute approximate surface area is 178 Å². The third kappa shape index (κ3) is 5.57. The van der Waals surface area contributed by atoms with Crippen LogP contribution in [0.1, 0.15) is 24.0 Å². The van der Waals surface area contributed by atoms with Crippen molar-refractivity contribution in [2.45, 2.75) is 25.9 Å². The van der Waals surface area contributed by atoms with Gasteiger partial charge in [-0.05, 0) is 49.2 Å². The minimum absolute atomic E-state index is 0.267. The fraction of sp³-hybridized carbons (Fsp3) is 0.435. The van der Waals surface area contributed by atoms with E-state index in [0.29, 0.717) is 13.2 Å². The highest BCUT2D eigenvalue weighted by atomic mass is 16.7. The molecule has 0 atom stereocenters. The Morgan fingerprint density at radius 3 is 2.57 bits per heavy atom. The molecule has 0 aliphatic carbocycles. The van der Waals surface area contributed by atoms with Crippen LogP contribution in [0.3, 0.4) is 0 Å². The highest BCUT2D eigenvalue weighted by Crippen LogP contribution is 2.34. The number of nitrogens with one attached hydrogen (secondary N) is 2. The summed E-state index contributed by atoms with van der Waals surface area (Å²) in [6, 6.07) is 14.4. The lowest BCUT2D eigenvalue weighted by atomic mass is 10.1. The molecule has 0 radical (unpaired) electrons. The molecule has 30 heavy (non-hydrogen) atoms. The minimum Gasteiger partial charge on any atom is -0.492 e. The molecule has 2 aliphatic heterocycles. The molecule has 4 rings (SSSR count). The third-order valence-electron chi connectivity index (χ3n) is 5.32. The van der Waals surface area contributed by atoms with Gasteiger partial charge in [0.2, 0.25) is 6.79 Å². The first-order chi connectivity index (χ1) is 14.8. The summed E-state index contributed by atoms with van der Waals surface area (Å²) in [5, 5.41) is 6.62. The first kappa shape index (κ1) is 20.3. The number of hydrogen-bond donors (Lipinski definition) is 2. The van der Waals surface area contributed by atoms with Gasteiger partial charge in [-0.15, -0.1) is 0 Å². The average molecular weight is 411 g/mol. The predicted molar refractivity (Wildman–Crippen MR) is 117 cm³/mol. The van der Waals surface area contributed by atoms with Crippen molar-refractivity contribution in [3.8, 4) is 17.2 Å². The van der Waals surface area contributed by atoms with Gasteiger partial charge in [-0.25, -0.2) is 0 Å². The van der Waals surface area contributed by atoms with Crippen LogP contribution in [0.2, 0.25) is 0 Å². The largest absolute Gasteiger partial charge is 0.492 e. The lowest BCUT2D eigenvalue weighted by Gasteiger charge is -2.15. The zero-order valence-electron chi connectivity index (χ0n) is 17.5. The van der Waals surface area contributed by atoms with E-state index in [1.807, 2.05) is 18.2 Å². The van der Waals surface area contributed by atoms with Crippen LogP contribution in [0, 0.1) is 0 Å². The first-order valence-corrected chi connectivity index (χ1v) is 10.6. The maximum atomic E-state index is 5.77. The van der Waals surface area contributed by atoms with Crippen molar-refractivity contribution in [3.63, 3.8) is 0 Å². The molecule has 2 aromatic rings. The van der Waals surface area contributed by atoms with E-state index in [1.54, 1.807) is 7.05 Å². The molecule has 2 aromatic carbocycles. The SMILES string of the molecule is CN=C(NCCOc1ccc2c(c1)OCO2)NCc1ccc(CN2CCCC2)cc1. The fourth-order valence-corrected chi connectivity index (χ4v) is 3.67. The van der Waals surface area contributed by atoms with Crippen molar-refractivity contribution < 1.29 is 14.2 Å². The Balaban J connectivity index is 1.16. The normalized spacial score (nSPS) is 16.0. The molecule has 2 aliphatic rings. The van der Waals surface area contributed by atoms with Gasteiger partial charge in [0, 0.05) is 26.2 Å². The van der Waals surface area contributed by atoms with Crippen LogP contribution < -0.4 is 24.8 Å². The van der Waals surface area contributed by atoms with Crippen LogP contribution in [0.5, 0.6) is 17.2 Å². The molecule has 1 saturated heterocycles. The van der Waals surface area contributed by atoms with Gasteiger partial charge in [-0.1, -0.05) is 24.3 Å². The van der Waals surface area contributed by atoms with E-state index in [-0.39, 0.29) is 6.79 Å². The monoisotopic (exact) mass is 410 g/mol. The van der Waals surface area contributed by atoms with Crippen molar-refractivity contribution in [3.05, 3.63) is 53.6 Å². The lowest BCUT2D eigenvalue weighted by molar-refractivity contribution is 0.173. The van der Waals surface area contributed by atoms with Gasteiger partial charge in [-0.2, -0.15) is 0 Å². The van der Waals surface area contributed by atoms with Crippen LogP contribution in [0.15, 0.2) is 47.5 Å². The Bertz CT molecular complexity index is 848. The number of aliphatic imine (C=N–C) groups is 1. The van der Waals surface area contributed by atoms with Gasteiger partial charge in [0.25, 0.3) is 0 Å². The van der Waals surface area contributed by atoms with E-state index in [9.17, 15) is 0 Å². The highest BCUT2D eigenvalue weighted by Gasteiger charge is 2.14. The third-order valence-corrected chi connectivity index (χ3v) is 5.32. The number of ether oxygens (including phenoxy) is 3. The summed E-state index contributed by atoms with van der Waals surface area (Å²) in [7, 11) is 1.77. The topological polar surface area (TPSA) is 67.4 Å². The first-order valence-electron chi connectivity index (χ1n) is 10.6. The zero-order valence-corrected chi connectivity index (χ0v) is 17.5. The molecule has 0 aromatic heterocycles. The molecular formula is C23H30N4O3. The van der Waals surface area contributed by atoms with Crippen molar-refractivity contribution in [2.75, 3.05) is 40.1 Å². The summed E-state index contributed by atoms with van der Waals surface area (Å²) in [4.78, 5) is 6.80. The smallest absolute Gasteiger partial charge is 0.231 e. The summed E-state index contributed by atoms with van der Waals surface area (Å²) in [6.07, 6.45) is 2.66. The molecule has 0 amide bonds. The highest BCUT2D eigenvalue weighted by molar-refractivity contribution is 5.79. The number of rotatable bonds is 8.